The fraction of sp³-hybridized carbons (Fsp3) is 0. The zero-order valence-electron chi connectivity index (χ0n) is 3.01. The number of thiol groups is 1. The summed E-state index contributed by atoms with van der Waals surface area (Å²) < 4.78 is 36.1. The van der Waals surface area contributed by atoms with Gasteiger partial charge in [-0.2, -0.15) is 7.84 Å². The van der Waals surface area contributed by atoms with Crippen LogP contribution in [0, 0.1) is 0 Å². The van der Waals surface area contributed by atoms with Gasteiger partial charge in [0.25, 0.3) is 0 Å². The normalized spacial score (nSPS) is 16.1. The van der Waals surface area contributed by atoms with E-state index in [2.05, 4.69) is 3.63 Å². The van der Waals surface area contributed by atoms with Crippen molar-refractivity contribution in [2.24, 2.45) is 0 Å². The molecule has 0 spiro atoms. The molecule has 7 heavy (non-hydrogen) atoms. The van der Waals surface area contributed by atoms with Gasteiger partial charge in [-0.05, 0) is 0 Å². The molecule has 0 rings (SSSR count). The van der Waals surface area contributed by atoms with Crippen molar-refractivity contribution in [2.75, 3.05) is 0 Å². The van der Waals surface area contributed by atoms with E-state index >= 15 is 0 Å². The molecule has 1 unspecified atom stereocenters. The molecular formula is H4O5S2. The van der Waals surface area contributed by atoms with E-state index < -0.39 is 23.1 Å². The largest absolute Gasteiger partial charge is 0.315 e. The Morgan fingerprint density at radius 3 is 2.00 bits per heavy atom. The molecule has 0 aromatic rings. The highest BCUT2D eigenvalue weighted by Crippen LogP contribution is 2.13. The second-order valence-corrected chi connectivity index (χ2v) is 2.08. The molecule has 0 aliphatic carbocycles. The molecule has 0 radical (unpaired) electrons. The molecule has 0 saturated heterocycles. The number of hydrogen-bond donors (Lipinski definition) is 4. The van der Waals surface area contributed by atoms with Crippen LogP contribution in [0.4, 0.5) is 0 Å². The Bertz CT molecular complexity index is 66.5. The Balaban J connectivity index is 3.13. The van der Waals surface area contributed by atoms with Crippen LogP contribution >= 0.6 is 11.7 Å². The van der Waals surface area contributed by atoms with Crippen molar-refractivity contribution >= 4 is 23.1 Å². The summed E-state index contributed by atoms with van der Waals surface area (Å²) in [6.45, 7) is 0. The van der Waals surface area contributed by atoms with Gasteiger partial charge in [-0.15, -0.1) is 0 Å². The van der Waals surface area contributed by atoms with E-state index in [1.54, 1.807) is 0 Å². The fourth-order valence-electron chi connectivity index (χ4n) is 0.0570. The van der Waals surface area contributed by atoms with E-state index in [1.807, 2.05) is 0 Å². The van der Waals surface area contributed by atoms with E-state index in [0.29, 0.717) is 0 Å². The summed E-state index contributed by atoms with van der Waals surface area (Å²) in [6, 6.07) is 0. The number of rotatable bonds is 2. The van der Waals surface area contributed by atoms with Gasteiger partial charge in [0.05, 0.1) is 11.7 Å². The molecule has 0 aromatic carbocycles. The third-order valence-corrected chi connectivity index (χ3v) is 1.17. The zero-order valence-corrected chi connectivity index (χ0v) is 4.72. The molecule has 0 fully saturated rings. The lowest BCUT2D eigenvalue weighted by Gasteiger charge is -1.99. The maximum absolute atomic E-state index is 9.39. The van der Waals surface area contributed by atoms with Crippen LogP contribution in [0.2, 0.25) is 0 Å². The minimum atomic E-state index is -2.69. The van der Waals surface area contributed by atoms with E-state index in [1.165, 1.54) is 0 Å². The van der Waals surface area contributed by atoms with E-state index in [9.17, 15) is 4.21 Å². The van der Waals surface area contributed by atoms with Gasteiger partial charge in [0.1, 0.15) is 0 Å². The smallest absolute Gasteiger partial charge is 0.309 e. The first-order valence-electron chi connectivity index (χ1n) is 1.10. The van der Waals surface area contributed by atoms with Gasteiger partial charge in [0, 0.05) is 0 Å². The van der Waals surface area contributed by atoms with Crippen LogP contribution in [0.1, 0.15) is 0 Å². The van der Waals surface area contributed by atoms with Gasteiger partial charge in [-0.3, -0.25) is 4.55 Å². The van der Waals surface area contributed by atoms with Crippen molar-refractivity contribution in [2.45, 2.75) is 0 Å². The van der Waals surface area contributed by atoms with Gasteiger partial charge in [-0.25, -0.2) is 0 Å². The average Bonchev–Trinajstić information content (AvgIpc) is 1.27. The molecule has 0 aliphatic rings. The Kier molecular flexibility index (Phi) is 3.52. The first-order chi connectivity index (χ1) is 3.13. The molecule has 0 saturated carbocycles. The minimum absolute atomic E-state index is 2.57. The molecule has 0 amide bonds. The van der Waals surface area contributed by atoms with Crippen molar-refractivity contribution in [3.63, 3.8) is 0 Å². The van der Waals surface area contributed by atoms with Gasteiger partial charge < -0.3 is 9.11 Å². The van der Waals surface area contributed by atoms with Gasteiger partial charge in [0.15, 0.2) is 0 Å². The van der Waals surface area contributed by atoms with Crippen LogP contribution in [-0.2, 0) is 15.0 Å². The van der Waals surface area contributed by atoms with Crippen molar-refractivity contribution in [1.82, 2.24) is 0 Å². The van der Waals surface area contributed by atoms with Crippen LogP contribution < -0.4 is 0 Å². The van der Waals surface area contributed by atoms with Crippen LogP contribution in [-0.4, -0.2) is 17.9 Å². The molecule has 5 nitrogen and oxygen atoms in total. The van der Waals surface area contributed by atoms with Crippen molar-refractivity contribution < 1.29 is 21.5 Å². The lowest BCUT2D eigenvalue weighted by Crippen LogP contribution is -1.89. The molecule has 7 heteroatoms. The van der Waals surface area contributed by atoms with Crippen molar-refractivity contribution in [3.05, 3.63) is 0 Å². The summed E-state index contributed by atoms with van der Waals surface area (Å²) in [6.07, 6.45) is 0. The Labute approximate surface area is 45.4 Å². The third-order valence-electron chi connectivity index (χ3n) is 0.130. The Hall–Kier alpha value is 0.340. The van der Waals surface area contributed by atoms with Gasteiger partial charge in [0.2, 0.25) is 0 Å². The monoisotopic (exact) mass is 148 g/mol. The number of hydrogen-bond acceptors (Lipinski definition) is 4. The van der Waals surface area contributed by atoms with Crippen molar-refractivity contribution in [1.29, 1.82) is 0 Å². The van der Waals surface area contributed by atoms with Crippen LogP contribution in [0.15, 0.2) is 0 Å². The highest BCUT2D eigenvalue weighted by atomic mass is 32.3. The summed E-state index contributed by atoms with van der Waals surface area (Å²) in [5.74, 6) is 0. The standard InChI is InChI=1S/H4O5S2/c1-6(2)5-7(3)4/h1-2,6H,(H,3,4). The predicted octanol–water partition coefficient (Wildman–Crippen LogP) is 0.00190. The summed E-state index contributed by atoms with van der Waals surface area (Å²) in [7, 11) is 0. The van der Waals surface area contributed by atoms with Crippen LogP contribution in [0.25, 0.3) is 0 Å². The molecular weight excluding hydrogens is 144 g/mol. The van der Waals surface area contributed by atoms with Crippen molar-refractivity contribution in [3.8, 4) is 0 Å². The van der Waals surface area contributed by atoms with Gasteiger partial charge >= 0.3 is 11.4 Å². The highest BCUT2D eigenvalue weighted by molar-refractivity contribution is 8.07. The second kappa shape index (κ2) is 3.36. The molecule has 46 valence electrons. The Morgan fingerprint density at radius 2 is 2.00 bits per heavy atom. The molecule has 0 bridgehead atoms. The van der Waals surface area contributed by atoms with Crippen LogP contribution in [0.3, 0.4) is 0 Å². The minimum Gasteiger partial charge on any atom is -0.309 e. The first kappa shape index (κ1) is 7.34. The second-order valence-electron chi connectivity index (χ2n) is 0.544. The lowest BCUT2D eigenvalue weighted by atomic mass is 15.8. The van der Waals surface area contributed by atoms with E-state index in [4.69, 9.17) is 13.7 Å². The molecule has 1 atom stereocenters. The average molecular weight is 148 g/mol. The first-order valence-corrected chi connectivity index (χ1v) is 3.30. The summed E-state index contributed by atoms with van der Waals surface area (Å²) in [5, 5.41) is 0. The Morgan fingerprint density at radius 1 is 1.57 bits per heavy atom. The summed E-state index contributed by atoms with van der Waals surface area (Å²) >= 11 is -5.26. The quantitative estimate of drug-likeness (QED) is 0.327. The van der Waals surface area contributed by atoms with Crippen LogP contribution in [0.5, 0.6) is 0 Å². The molecule has 0 aromatic heterocycles. The molecule has 3 N–H and O–H groups in total. The molecule has 0 aliphatic heterocycles. The highest BCUT2D eigenvalue weighted by Gasteiger charge is 1.94. The summed E-state index contributed by atoms with van der Waals surface area (Å²) in [4.78, 5) is 0. The van der Waals surface area contributed by atoms with E-state index in [-0.39, 0.29) is 0 Å². The maximum Gasteiger partial charge on any atom is 0.315 e. The third kappa shape index (κ3) is 6.34. The molecule has 0 heterocycles. The predicted molar refractivity (Wildman–Crippen MR) is 26.1 cm³/mol. The zero-order chi connectivity index (χ0) is 5.86. The SMILES string of the molecule is O=S(O)O[SH](O)O. The van der Waals surface area contributed by atoms with Gasteiger partial charge in [-0.1, -0.05) is 0 Å². The summed E-state index contributed by atoms with van der Waals surface area (Å²) in [5.41, 5.74) is 0. The maximum atomic E-state index is 9.39. The topological polar surface area (TPSA) is 87.0 Å². The fourth-order valence-corrected chi connectivity index (χ4v) is 0.513. The van der Waals surface area contributed by atoms with E-state index in [0.717, 1.165) is 0 Å². The lowest BCUT2D eigenvalue weighted by molar-refractivity contribution is 0.397.